The van der Waals surface area contributed by atoms with Gasteiger partial charge in [-0.25, -0.2) is 8.42 Å². The maximum absolute atomic E-state index is 13.7. The second-order valence-electron chi connectivity index (χ2n) is 8.46. The third kappa shape index (κ3) is 5.40. The summed E-state index contributed by atoms with van der Waals surface area (Å²) in [4.78, 5) is 39.3. The number of carbonyl (C=O) groups is 3. The van der Waals surface area contributed by atoms with E-state index in [1.54, 1.807) is 0 Å². The van der Waals surface area contributed by atoms with E-state index in [1.807, 2.05) is 60.7 Å². The van der Waals surface area contributed by atoms with E-state index in [4.69, 9.17) is 16.3 Å². The van der Waals surface area contributed by atoms with E-state index >= 15 is 0 Å². The average Bonchev–Trinajstić information content (AvgIpc) is 2.85. The van der Waals surface area contributed by atoms with Crippen LogP contribution in [0.15, 0.2) is 60.7 Å². The van der Waals surface area contributed by atoms with Gasteiger partial charge in [0.1, 0.15) is 18.0 Å². The minimum absolute atomic E-state index is 0.329. The molecule has 2 saturated heterocycles. The number of halogens is 1. The maximum Gasteiger partial charge on any atom is 0.302 e. The summed E-state index contributed by atoms with van der Waals surface area (Å²) < 4.78 is 30.5. The van der Waals surface area contributed by atoms with Crippen LogP contribution >= 0.6 is 35.1 Å². The van der Waals surface area contributed by atoms with Crippen LogP contribution in [0.3, 0.4) is 0 Å². The van der Waals surface area contributed by atoms with Gasteiger partial charge in [0.15, 0.2) is 15.2 Å². The van der Waals surface area contributed by atoms with Crippen molar-refractivity contribution in [3.8, 4) is 0 Å². The number of hydrogen-bond acceptors (Lipinski definition) is 8. The van der Waals surface area contributed by atoms with Crippen molar-refractivity contribution in [2.45, 2.75) is 40.0 Å². The molecule has 0 aromatic heterocycles. The Morgan fingerprint density at radius 3 is 2.20 bits per heavy atom. The number of nitrogens with zero attached hydrogens (tertiary/aromatic N) is 1. The molecule has 7 nitrogen and oxygen atoms in total. The molecular formula is C24H24ClNO6S3. The van der Waals surface area contributed by atoms with Crippen molar-refractivity contribution in [3.63, 3.8) is 0 Å². The van der Waals surface area contributed by atoms with Crippen LogP contribution in [0.5, 0.6) is 0 Å². The number of fused-ring (bicyclic) bond motifs is 1. The zero-order valence-corrected chi connectivity index (χ0v) is 22.0. The van der Waals surface area contributed by atoms with Gasteiger partial charge in [-0.3, -0.25) is 14.4 Å². The summed E-state index contributed by atoms with van der Waals surface area (Å²) in [6.07, 6.45) is 0. The standard InChI is InChI=1S/C24H24ClNO6S3/c1-16(27)32-14-24(34-13-18-10-6-3-7-11-18)15-35(30,31)22-19(25)21(28)26(22)20(24)23(29)33-12-17-8-4-2-5-9-17/h2-11,19-20,22H,12-15H2,1H3/t19-,20?,22+,24?/m0/s1. The first kappa shape index (κ1) is 26.1. The lowest BCUT2D eigenvalue weighted by Crippen LogP contribution is -2.79. The number of carbonyl (C=O) groups excluding carboxylic acids is 3. The molecule has 0 radical (unpaired) electrons. The van der Waals surface area contributed by atoms with Crippen LogP contribution in [0.2, 0.25) is 0 Å². The summed E-state index contributed by atoms with van der Waals surface area (Å²) in [6, 6.07) is 17.6. The molecule has 186 valence electrons. The van der Waals surface area contributed by atoms with E-state index < -0.39 is 49.0 Å². The van der Waals surface area contributed by atoms with Gasteiger partial charge in [0, 0.05) is 18.4 Å². The van der Waals surface area contributed by atoms with Crippen molar-refractivity contribution >= 4 is 62.0 Å². The van der Waals surface area contributed by atoms with E-state index in [0.717, 1.165) is 27.8 Å². The molecule has 2 fully saturated rings. The number of ether oxygens (including phenoxy) is 1. The lowest BCUT2D eigenvalue weighted by atomic mass is 9.96. The highest BCUT2D eigenvalue weighted by molar-refractivity contribution is 8.13. The van der Waals surface area contributed by atoms with Crippen LogP contribution in [0.25, 0.3) is 0 Å². The van der Waals surface area contributed by atoms with E-state index in [1.165, 1.54) is 18.7 Å². The van der Waals surface area contributed by atoms with Crippen molar-refractivity contribution < 1.29 is 27.5 Å². The van der Waals surface area contributed by atoms with E-state index in [0.29, 0.717) is 11.5 Å². The number of benzene rings is 2. The molecule has 0 aliphatic carbocycles. The average molecular weight is 554 g/mol. The molecule has 4 rings (SSSR count). The van der Waals surface area contributed by atoms with Crippen molar-refractivity contribution in [1.29, 1.82) is 0 Å². The fourth-order valence-corrected chi connectivity index (χ4v) is 10.2. The molecule has 1 amide bonds. The first-order chi connectivity index (χ1) is 16.6. The van der Waals surface area contributed by atoms with E-state index in [-0.39, 0.29) is 11.7 Å². The molecule has 0 spiro atoms. The van der Waals surface area contributed by atoms with Gasteiger partial charge in [0.05, 0.1) is 10.5 Å². The first-order valence-corrected chi connectivity index (χ1v) is 15.0. The highest BCUT2D eigenvalue weighted by Gasteiger charge is 2.68. The molecule has 2 unspecified atom stereocenters. The molecular weight excluding hydrogens is 530 g/mol. The second-order valence-corrected chi connectivity index (χ2v) is 13.4. The Balaban J connectivity index is 1.71. The fourth-order valence-electron chi connectivity index (χ4n) is 4.28. The van der Waals surface area contributed by atoms with Gasteiger partial charge in [-0.1, -0.05) is 72.4 Å². The lowest BCUT2D eigenvalue weighted by Gasteiger charge is -2.56. The summed E-state index contributed by atoms with van der Waals surface area (Å²) in [6.45, 7) is 0.894. The van der Waals surface area contributed by atoms with Gasteiger partial charge < -0.3 is 9.64 Å². The molecule has 4 atom stereocenters. The smallest absolute Gasteiger partial charge is 0.302 e. The molecule has 2 aromatic rings. The monoisotopic (exact) mass is 553 g/mol. The first-order valence-electron chi connectivity index (χ1n) is 10.8. The highest BCUT2D eigenvalue weighted by Crippen LogP contribution is 2.49. The number of amides is 1. The molecule has 2 aromatic carbocycles. The van der Waals surface area contributed by atoms with Gasteiger partial charge in [0.2, 0.25) is 11.0 Å². The Hall–Kier alpha value is -2.01. The highest BCUT2D eigenvalue weighted by atomic mass is 35.5. The lowest BCUT2D eigenvalue weighted by molar-refractivity contribution is -0.152. The molecule has 0 N–H and O–H groups in total. The molecule has 2 aliphatic rings. The van der Waals surface area contributed by atoms with Gasteiger partial charge in [-0.15, -0.1) is 23.4 Å². The van der Waals surface area contributed by atoms with Crippen LogP contribution in [-0.2, 0) is 40.5 Å². The Kier molecular flexibility index (Phi) is 7.85. The second kappa shape index (κ2) is 10.5. The van der Waals surface area contributed by atoms with E-state index in [9.17, 15) is 22.8 Å². The Labute approximate surface area is 217 Å². The van der Waals surface area contributed by atoms with E-state index in [2.05, 4.69) is 0 Å². The van der Waals surface area contributed by atoms with Gasteiger partial charge in [-0.2, -0.15) is 0 Å². The van der Waals surface area contributed by atoms with Gasteiger partial charge in [0.25, 0.3) is 0 Å². The van der Waals surface area contributed by atoms with Crippen LogP contribution in [0, 0.1) is 0 Å². The maximum atomic E-state index is 13.7. The molecule has 2 heterocycles. The summed E-state index contributed by atoms with van der Waals surface area (Å²) in [5.41, 5.74) is 1.83. The van der Waals surface area contributed by atoms with Crippen molar-refractivity contribution in [1.82, 2.24) is 4.90 Å². The number of rotatable bonds is 8. The minimum atomic E-state index is -3.90. The Morgan fingerprint density at radius 2 is 1.63 bits per heavy atom. The summed E-state index contributed by atoms with van der Waals surface area (Å²) >= 11 is 8.34. The van der Waals surface area contributed by atoms with Crippen molar-refractivity contribution in [2.75, 3.05) is 12.4 Å². The molecule has 0 saturated carbocycles. The van der Waals surface area contributed by atoms with Crippen LogP contribution < -0.4 is 0 Å². The van der Waals surface area contributed by atoms with Crippen molar-refractivity contribution in [2.24, 2.45) is 0 Å². The van der Waals surface area contributed by atoms with Crippen molar-refractivity contribution in [3.05, 3.63) is 71.8 Å². The largest absolute Gasteiger partial charge is 0.464 e. The molecule has 35 heavy (non-hydrogen) atoms. The van der Waals surface area contributed by atoms with Crippen LogP contribution in [0.4, 0.5) is 0 Å². The third-order valence-electron chi connectivity index (χ3n) is 5.94. The number of sulfone groups is 1. The normalized spacial score (nSPS) is 27.0. The molecule has 11 heteroatoms. The SMILES string of the molecule is CC(=O)OCC1(SCc2ccccc2)CS(=O)(=O)[C@@H]2[C@@H](Cl)C(=O)N2C1C(=O)SCc1ccccc1. The fraction of sp³-hybridized carbons (Fsp3) is 0.375. The predicted octanol–water partition coefficient (Wildman–Crippen LogP) is 3.25. The van der Waals surface area contributed by atoms with Crippen LogP contribution in [0.1, 0.15) is 18.1 Å². The topological polar surface area (TPSA) is 97.8 Å². The summed E-state index contributed by atoms with van der Waals surface area (Å²) in [5, 5.41) is -2.87. The Bertz CT molecular complexity index is 1210. The quantitative estimate of drug-likeness (QED) is 0.279. The molecule has 2 aliphatic heterocycles. The third-order valence-corrected chi connectivity index (χ3v) is 11.4. The summed E-state index contributed by atoms with van der Waals surface area (Å²) in [7, 11) is -3.90. The number of alkyl halides is 1. The number of thioether (sulfide) groups is 2. The van der Waals surface area contributed by atoms with Crippen LogP contribution in [-0.4, -0.2) is 64.2 Å². The zero-order valence-electron chi connectivity index (χ0n) is 18.8. The zero-order chi connectivity index (χ0) is 25.2. The number of esters is 1. The number of β-lactam (4-membered cyclic amide) rings is 1. The predicted molar refractivity (Wildman–Crippen MR) is 138 cm³/mol. The molecule has 0 bridgehead atoms. The van der Waals surface area contributed by atoms with Gasteiger partial charge in [-0.05, 0) is 11.1 Å². The van der Waals surface area contributed by atoms with Gasteiger partial charge >= 0.3 is 5.97 Å². The number of hydrogen-bond donors (Lipinski definition) is 0. The minimum Gasteiger partial charge on any atom is -0.464 e. The Morgan fingerprint density at radius 1 is 1.06 bits per heavy atom. The summed E-state index contributed by atoms with van der Waals surface area (Å²) in [5.74, 6) is -0.928.